The summed E-state index contributed by atoms with van der Waals surface area (Å²) < 4.78 is 28.5. The Labute approximate surface area is 177 Å². The highest BCUT2D eigenvalue weighted by atomic mass is 32.2. The zero-order valence-electron chi connectivity index (χ0n) is 15.9. The van der Waals surface area contributed by atoms with E-state index in [1.807, 2.05) is 0 Å². The Morgan fingerprint density at radius 2 is 1.67 bits per heavy atom. The van der Waals surface area contributed by atoms with Gasteiger partial charge >= 0.3 is 16.1 Å². The molecule has 0 saturated carbocycles. The van der Waals surface area contributed by atoms with Crippen molar-refractivity contribution in [2.24, 2.45) is 11.5 Å². The van der Waals surface area contributed by atoms with Gasteiger partial charge in [-0.15, -0.1) is 11.3 Å². The highest BCUT2D eigenvalue weighted by Gasteiger charge is 2.23. The van der Waals surface area contributed by atoms with Gasteiger partial charge in [0.1, 0.15) is 4.90 Å². The minimum absolute atomic E-state index is 0.174. The molecular weight excluding hydrogens is 432 g/mol. The van der Waals surface area contributed by atoms with Gasteiger partial charge in [0.25, 0.3) is 11.8 Å². The van der Waals surface area contributed by atoms with Gasteiger partial charge in [-0.25, -0.2) is 0 Å². The highest BCUT2D eigenvalue weighted by molar-refractivity contribution is 7.87. The Balaban J connectivity index is 1.87. The minimum Gasteiger partial charge on any atom is -0.351 e. The Bertz CT molecular complexity index is 991. The third-order valence-electron chi connectivity index (χ3n) is 3.66. The van der Waals surface area contributed by atoms with E-state index in [9.17, 15) is 22.8 Å². The molecule has 0 aliphatic carbocycles. The van der Waals surface area contributed by atoms with Gasteiger partial charge in [0.2, 0.25) is 0 Å². The molecule has 1 aromatic heterocycles. The molecule has 0 fully saturated rings. The van der Waals surface area contributed by atoms with E-state index in [1.165, 1.54) is 36.4 Å². The fraction of sp³-hybridized carbons (Fsp3) is 0.278. The summed E-state index contributed by atoms with van der Waals surface area (Å²) in [6.07, 6.45) is -1.11. The maximum Gasteiger partial charge on any atom is 0.341 e. The van der Waals surface area contributed by atoms with Gasteiger partial charge in [0.15, 0.2) is 0 Å². The van der Waals surface area contributed by atoms with Crippen molar-refractivity contribution in [3.8, 4) is 0 Å². The van der Waals surface area contributed by atoms with Gasteiger partial charge in [0, 0.05) is 6.54 Å². The smallest absolute Gasteiger partial charge is 0.341 e. The van der Waals surface area contributed by atoms with Crippen LogP contribution in [0.15, 0.2) is 47.4 Å². The fourth-order valence-corrected chi connectivity index (χ4v) is 3.96. The molecule has 6 N–H and O–H groups in total. The number of carbonyl (C=O) groups excluding carboxylic acids is 3. The van der Waals surface area contributed by atoms with E-state index in [2.05, 4.69) is 14.8 Å². The van der Waals surface area contributed by atoms with Gasteiger partial charge < -0.3 is 26.3 Å². The second-order valence-corrected chi connectivity index (χ2v) is 8.70. The lowest BCUT2D eigenvalue weighted by molar-refractivity contribution is -0.134. The molecule has 0 aliphatic rings. The summed E-state index contributed by atoms with van der Waals surface area (Å²) in [5.74, 6) is -2.04. The molecule has 0 bridgehead atoms. The monoisotopic (exact) mass is 454 g/mol. The van der Waals surface area contributed by atoms with Gasteiger partial charge in [-0.2, -0.15) is 8.42 Å². The third-order valence-corrected chi connectivity index (χ3v) is 6.00. The van der Waals surface area contributed by atoms with Crippen LogP contribution in [0, 0.1) is 0 Å². The minimum atomic E-state index is -4.27. The summed E-state index contributed by atoms with van der Waals surface area (Å²) >= 11 is 0.952. The van der Waals surface area contributed by atoms with Crippen LogP contribution in [0.4, 0.5) is 0 Å². The number of benzene rings is 1. The van der Waals surface area contributed by atoms with Crippen molar-refractivity contribution in [2.45, 2.75) is 23.9 Å². The van der Waals surface area contributed by atoms with Crippen LogP contribution in [0.2, 0.25) is 0 Å². The molecule has 0 aliphatic heterocycles. The molecule has 1 atom stereocenters. The predicted octanol–water partition coefficient (Wildman–Crippen LogP) is 0.164. The number of carbonyl (C=O) groups is 3. The molecule has 10 nitrogen and oxygen atoms in total. The third kappa shape index (κ3) is 6.91. The molecule has 0 spiro atoms. The summed E-state index contributed by atoms with van der Waals surface area (Å²) in [6, 6.07) is 10.1. The second kappa shape index (κ2) is 10.8. The number of amides is 2. The standard InChI is InChI=1S/C18H22N4O6S2/c19-9-4-10-21-17(24)13-7-8-14(29-13)18(25)22-15(20)11-16(23)28-30(26,27)12-5-2-1-3-6-12/h1-3,5-8,15H,4,9-11,19-20H2,(H,21,24)(H,22,25). The normalized spacial score (nSPS) is 12.1. The predicted molar refractivity (Wildman–Crippen MR) is 110 cm³/mol. The number of nitrogens with one attached hydrogen (secondary N) is 2. The summed E-state index contributed by atoms with van der Waals surface area (Å²) in [7, 11) is -4.27. The quantitative estimate of drug-likeness (QED) is 0.223. The summed E-state index contributed by atoms with van der Waals surface area (Å²) in [6.45, 7) is 0.874. The average Bonchev–Trinajstić information content (AvgIpc) is 3.18. The number of hydrogen-bond acceptors (Lipinski definition) is 9. The van der Waals surface area contributed by atoms with E-state index >= 15 is 0 Å². The molecule has 30 heavy (non-hydrogen) atoms. The van der Waals surface area contributed by atoms with E-state index in [1.54, 1.807) is 6.07 Å². The van der Waals surface area contributed by atoms with Crippen molar-refractivity contribution >= 4 is 39.2 Å². The number of thiophene rings is 1. The molecule has 1 aromatic carbocycles. The number of nitrogens with two attached hydrogens (primary N) is 2. The molecular formula is C18H22N4O6S2. The van der Waals surface area contributed by atoms with Crippen LogP contribution in [0.1, 0.15) is 32.2 Å². The maximum atomic E-state index is 12.2. The molecule has 12 heteroatoms. The molecule has 2 amide bonds. The van der Waals surface area contributed by atoms with E-state index in [0.717, 1.165) is 11.3 Å². The van der Waals surface area contributed by atoms with Crippen LogP contribution < -0.4 is 22.1 Å². The van der Waals surface area contributed by atoms with Gasteiger partial charge in [-0.3, -0.25) is 14.4 Å². The van der Waals surface area contributed by atoms with Crippen molar-refractivity contribution in [1.82, 2.24) is 10.6 Å². The second-order valence-electron chi connectivity index (χ2n) is 6.07. The molecule has 162 valence electrons. The van der Waals surface area contributed by atoms with Gasteiger partial charge in [-0.05, 0) is 37.2 Å². The summed E-state index contributed by atoms with van der Waals surface area (Å²) in [4.78, 5) is 36.5. The lowest BCUT2D eigenvalue weighted by Crippen LogP contribution is -2.43. The van der Waals surface area contributed by atoms with Crippen molar-refractivity contribution in [1.29, 1.82) is 0 Å². The van der Waals surface area contributed by atoms with Crippen LogP contribution in [-0.2, 0) is 19.1 Å². The van der Waals surface area contributed by atoms with Crippen molar-refractivity contribution in [3.63, 3.8) is 0 Å². The van der Waals surface area contributed by atoms with E-state index in [0.29, 0.717) is 24.4 Å². The first-order valence-electron chi connectivity index (χ1n) is 8.90. The number of rotatable bonds is 10. The van der Waals surface area contributed by atoms with Crippen LogP contribution in [-0.4, -0.2) is 45.5 Å². The zero-order chi connectivity index (χ0) is 22.1. The summed E-state index contributed by atoms with van der Waals surface area (Å²) in [5.41, 5.74) is 11.1. The number of hydrogen-bond donors (Lipinski definition) is 4. The van der Waals surface area contributed by atoms with E-state index in [-0.39, 0.29) is 15.7 Å². The molecule has 2 aromatic rings. The van der Waals surface area contributed by atoms with Crippen LogP contribution >= 0.6 is 11.3 Å². The molecule has 0 saturated heterocycles. The Morgan fingerprint density at radius 3 is 2.30 bits per heavy atom. The first-order chi connectivity index (χ1) is 14.2. The average molecular weight is 455 g/mol. The Kier molecular flexibility index (Phi) is 8.47. The van der Waals surface area contributed by atoms with Crippen LogP contribution in [0.5, 0.6) is 0 Å². The molecule has 1 heterocycles. The van der Waals surface area contributed by atoms with Gasteiger partial charge in [0.05, 0.1) is 22.3 Å². The van der Waals surface area contributed by atoms with Crippen molar-refractivity contribution in [3.05, 3.63) is 52.2 Å². The van der Waals surface area contributed by atoms with Crippen LogP contribution in [0.3, 0.4) is 0 Å². The van der Waals surface area contributed by atoms with Crippen molar-refractivity contribution in [2.75, 3.05) is 13.1 Å². The van der Waals surface area contributed by atoms with Gasteiger partial charge in [-0.1, -0.05) is 18.2 Å². The Morgan fingerprint density at radius 1 is 1.03 bits per heavy atom. The lowest BCUT2D eigenvalue weighted by Gasteiger charge is -2.12. The molecule has 2 rings (SSSR count). The first-order valence-corrected chi connectivity index (χ1v) is 11.1. The maximum absolute atomic E-state index is 12.2. The Hall–Kier alpha value is -2.80. The van der Waals surface area contributed by atoms with Crippen LogP contribution in [0.25, 0.3) is 0 Å². The summed E-state index contributed by atoms with van der Waals surface area (Å²) in [5, 5.41) is 5.03. The molecule has 1 unspecified atom stereocenters. The first kappa shape index (κ1) is 23.5. The topological polar surface area (TPSA) is 171 Å². The lowest BCUT2D eigenvalue weighted by atomic mass is 10.3. The highest BCUT2D eigenvalue weighted by Crippen LogP contribution is 2.17. The van der Waals surface area contributed by atoms with Crippen molar-refractivity contribution < 1.29 is 27.0 Å². The SMILES string of the molecule is NCCCNC(=O)c1ccc(C(=O)NC(N)CC(=O)OS(=O)(=O)c2ccccc2)s1. The zero-order valence-corrected chi connectivity index (χ0v) is 17.5. The van der Waals surface area contributed by atoms with E-state index < -0.39 is 34.6 Å². The fourth-order valence-electron chi connectivity index (χ4n) is 2.23. The van der Waals surface area contributed by atoms with E-state index in [4.69, 9.17) is 11.5 Å². The molecule has 0 radical (unpaired) electrons. The largest absolute Gasteiger partial charge is 0.351 e.